The zero-order valence-electron chi connectivity index (χ0n) is 13.5. The van der Waals surface area contributed by atoms with Gasteiger partial charge in [0.05, 0.1) is 11.8 Å². The second-order valence-electron chi connectivity index (χ2n) is 6.33. The van der Waals surface area contributed by atoms with Gasteiger partial charge in [-0.3, -0.25) is 4.79 Å². The monoisotopic (exact) mass is 302 g/mol. The van der Waals surface area contributed by atoms with Gasteiger partial charge in [0.25, 0.3) is 5.91 Å². The Balaban J connectivity index is 1.94. The first-order valence-corrected chi connectivity index (χ1v) is 7.65. The fourth-order valence-corrected chi connectivity index (χ4v) is 2.86. The van der Waals surface area contributed by atoms with E-state index in [1.54, 1.807) is 16.5 Å². The van der Waals surface area contributed by atoms with Crippen LogP contribution in [-0.2, 0) is 0 Å². The standard InChI is InChI=1S/C16H22N4O2/c1-9-7-10(2)20-15(17-9)14(11(3)18-20)16(22)19(4)8-13(21)12-5-6-12/h7,12-13,21H,5-6,8H2,1-4H3. The number of aryl methyl sites for hydroxylation is 3. The van der Waals surface area contributed by atoms with E-state index in [9.17, 15) is 9.90 Å². The largest absolute Gasteiger partial charge is 0.391 e. The average molecular weight is 302 g/mol. The van der Waals surface area contributed by atoms with E-state index < -0.39 is 6.10 Å². The van der Waals surface area contributed by atoms with Crippen molar-refractivity contribution in [3.05, 3.63) is 28.7 Å². The van der Waals surface area contributed by atoms with Crippen molar-refractivity contribution in [3.8, 4) is 0 Å². The number of aromatic nitrogens is 3. The maximum absolute atomic E-state index is 12.8. The number of aliphatic hydroxyl groups excluding tert-OH is 1. The van der Waals surface area contributed by atoms with Crippen molar-refractivity contribution in [3.63, 3.8) is 0 Å². The van der Waals surface area contributed by atoms with Gasteiger partial charge in [-0.15, -0.1) is 0 Å². The predicted octanol–water partition coefficient (Wildman–Crippen LogP) is 1.50. The number of amides is 1. The molecular formula is C16H22N4O2. The first-order chi connectivity index (χ1) is 10.4. The molecule has 22 heavy (non-hydrogen) atoms. The van der Waals surface area contributed by atoms with E-state index >= 15 is 0 Å². The van der Waals surface area contributed by atoms with Gasteiger partial charge in [-0.2, -0.15) is 5.10 Å². The van der Waals surface area contributed by atoms with Crippen molar-refractivity contribution in [2.45, 2.75) is 39.7 Å². The van der Waals surface area contributed by atoms with Gasteiger partial charge < -0.3 is 10.0 Å². The van der Waals surface area contributed by atoms with E-state index in [0.717, 1.165) is 24.2 Å². The van der Waals surface area contributed by atoms with Crippen molar-refractivity contribution < 1.29 is 9.90 Å². The molecular weight excluding hydrogens is 280 g/mol. The fraction of sp³-hybridized carbons (Fsp3) is 0.562. The van der Waals surface area contributed by atoms with Gasteiger partial charge in [0.1, 0.15) is 5.56 Å². The molecule has 1 unspecified atom stereocenters. The summed E-state index contributed by atoms with van der Waals surface area (Å²) in [5.41, 5.74) is 3.59. The van der Waals surface area contributed by atoms with E-state index in [2.05, 4.69) is 10.1 Å². The molecule has 1 aliphatic rings. The molecule has 1 fully saturated rings. The van der Waals surface area contributed by atoms with Crippen LogP contribution >= 0.6 is 0 Å². The Labute approximate surface area is 129 Å². The average Bonchev–Trinajstić information content (AvgIpc) is 3.22. The topological polar surface area (TPSA) is 70.7 Å². The molecule has 0 spiro atoms. The smallest absolute Gasteiger partial charge is 0.259 e. The molecule has 6 nitrogen and oxygen atoms in total. The molecule has 118 valence electrons. The molecule has 1 saturated carbocycles. The van der Waals surface area contributed by atoms with Crippen molar-refractivity contribution in [2.75, 3.05) is 13.6 Å². The van der Waals surface area contributed by atoms with Gasteiger partial charge in [-0.1, -0.05) is 0 Å². The van der Waals surface area contributed by atoms with Gasteiger partial charge in [-0.25, -0.2) is 9.50 Å². The highest BCUT2D eigenvalue weighted by atomic mass is 16.3. The Morgan fingerprint density at radius 2 is 2.14 bits per heavy atom. The van der Waals surface area contributed by atoms with Crippen LogP contribution in [0, 0.1) is 26.7 Å². The van der Waals surface area contributed by atoms with Gasteiger partial charge in [-0.05, 0) is 45.6 Å². The third-order valence-corrected chi connectivity index (χ3v) is 4.26. The fourth-order valence-electron chi connectivity index (χ4n) is 2.86. The molecule has 0 radical (unpaired) electrons. The summed E-state index contributed by atoms with van der Waals surface area (Å²) in [6.45, 7) is 6.03. The molecule has 0 aromatic carbocycles. The van der Waals surface area contributed by atoms with Crippen LogP contribution < -0.4 is 0 Å². The summed E-state index contributed by atoms with van der Waals surface area (Å²) in [5, 5.41) is 14.5. The number of hydrogen-bond acceptors (Lipinski definition) is 4. The third-order valence-electron chi connectivity index (χ3n) is 4.26. The first-order valence-electron chi connectivity index (χ1n) is 7.65. The molecule has 0 aliphatic heterocycles. The van der Waals surface area contributed by atoms with E-state index in [0.29, 0.717) is 29.4 Å². The van der Waals surface area contributed by atoms with Crippen LogP contribution in [0.15, 0.2) is 6.07 Å². The Bertz CT molecular complexity index is 733. The summed E-state index contributed by atoms with van der Waals surface area (Å²) in [6.07, 6.45) is 1.67. The van der Waals surface area contributed by atoms with Crippen LogP contribution in [0.4, 0.5) is 0 Å². The lowest BCUT2D eigenvalue weighted by Gasteiger charge is -2.20. The second-order valence-corrected chi connectivity index (χ2v) is 6.33. The molecule has 2 aromatic rings. The lowest BCUT2D eigenvalue weighted by Crippen LogP contribution is -2.35. The van der Waals surface area contributed by atoms with Gasteiger partial charge in [0, 0.05) is 25.0 Å². The van der Waals surface area contributed by atoms with Crippen LogP contribution in [-0.4, -0.2) is 50.2 Å². The van der Waals surface area contributed by atoms with E-state index in [-0.39, 0.29) is 5.91 Å². The molecule has 1 atom stereocenters. The molecule has 6 heteroatoms. The van der Waals surface area contributed by atoms with Gasteiger partial charge >= 0.3 is 0 Å². The summed E-state index contributed by atoms with van der Waals surface area (Å²) in [5.74, 6) is 0.215. The highest BCUT2D eigenvalue weighted by Crippen LogP contribution is 2.33. The van der Waals surface area contributed by atoms with E-state index in [1.165, 1.54) is 0 Å². The minimum atomic E-state index is -0.437. The first kappa shape index (κ1) is 15.0. The minimum absolute atomic E-state index is 0.135. The molecule has 2 aromatic heterocycles. The zero-order chi connectivity index (χ0) is 16.0. The van der Waals surface area contributed by atoms with E-state index in [1.807, 2.05) is 26.8 Å². The van der Waals surface area contributed by atoms with Crippen molar-refractivity contribution in [1.82, 2.24) is 19.5 Å². The Hall–Kier alpha value is -1.95. The molecule has 1 amide bonds. The normalized spacial score (nSPS) is 16.0. The third kappa shape index (κ3) is 2.59. The number of likely N-dealkylation sites (N-methyl/N-ethyl adjacent to an activating group) is 1. The minimum Gasteiger partial charge on any atom is -0.391 e. The molecule has 0 saturated heterocycles. The maximum atomic E-state index is 12.8. The molecule has 3 rings (SSSR count). The highest BCUT2D eigenvalue weighted by molar-refractivity contribution is 6.01. The number of carbonyl (C=O) groups is 1. The Kier molecular flexibility index (Phi) is 3.64. The lowest BCUT2D eigenvalue weighted by atomic mass is 10.2. The van der Waals surface area contributed by atoms with Crippen molar-refractivity contribution in [1.29, 1.82) is 0 Å². The number of nitrogens with zero attached hydrogens (tertiary/aromatic N) is 4. The lowest BCUT2D eigenvalue weighted by molar-refractivity contribution is 0.0646. The summed E-state index contributed by atoms with van der Waals surface area (Å²) in [7, 11) is 1.72. The van der Waals surface area contributed by atoms with Crippen LogP contribution in [0.3, 0.4) is 0 Å². The number of fused-ring (bicyclic) bond motifs is 1. The number of rotatable bonds is 4. The molecule has 0 bridgehead atoms. The zero-order valence-corrected chi connectivity index (χ0v) is 13.5. The second kappa shape index (κ2) is 5.35. The predicted molar refractivity (Wildman–Crippen MR) is 82.9 cm³/mol. The molecule has 2 heterocycles. The summed E-state index contributed by atoms with van der Waals surface area (Å²) >= 11 is 0. The van der Waals surface area contributed by atoms with Crippen LogP contribution in [0.1, 0.15) is 40.3 Å². The van der Waals surface area contributed by atoms with Gasteiger partial charge in [0.15, 0.2) is 5.65 Å². The molecule has 1 N–H and O–H groups in total. The summed E-state index contributed by atoms with van der Waals surface area (Å²) < 4.78 is 1.71. The Morgan fingerprint density at radius 3 is 2.77 bits per heavy atom. The van der Waals surface area contributed by atoms with Gasteiger partial charge in [0.2, 0.25) is 0 Å². The van der Waals surface area contributed by atoms with Crippen molar-refractivity contribution in [2.24, 2.45) is 5.92 Å². The van der Waals surface area contributed by atoms with E-state index in [4.69, 9.17) is 0 Å². The number of carbonyl (C=O) groups excluding carboxylic acids is 1. The van der Waals surface area contributed by atoms with Crippen LogP contribution in [0.2, 0.25) is 0 Å². The number of hydrogen-bond donors (Lipinski definition) is 1. The molecule has 1 aliphatic carbocycles. The summed E-state index contributed by atoms with van der Waals surface area (Å²) in [6, 6.07) is 1.94. The quantitative estimate of drug-likeness (QED) is 0.929. The summed E-state index contributed by atoms with van der Waals surface area (Å²) in [4.78, 5) is 18.8. The Morgan fingerprint density at radius 1 is 1.45 bits per heavy atom. The highest BCUT2D eigenvalue weighted by Gasteiger charge is 2.32. The SMILES string of the molecule is Cc1cc(C)n2nc(C)c(C(=O)N(C)CC(O)C3CC3)c2n1. The number of aliphatic hydroxyl groups is 1. The van der Waals surface area contributed by atoms with Crippen molar-refractivity contribution >= 4 is 11.6 Å². The van der Waals surface area contributed by atoms with Crippen LogP contribution in [0.5, 0.6) is 0 Å². The van der Waals surface area contributed by atoms with Crippen LogP contribution in [0.25, 0.3) is 5.65 Å². The maximum Gasteiger partial charge on any atom is 0.259 e.